The molecule has 1 unspecified atom stereocenters. The van der Waals surface area contributed by atoms with Gasteiger partial charge in [0.2, 0.25) is 0 Å². The average molecular weight is 340 g/mol. The van der Waals surface area contributed by atoms with Crippen LogP contribution >= 0.6 is 8.46 Å². The van der Waals surface area contributed by atoms with Gasteiger partial charge in [-0.2, -0.15) is 0 Å². The first kappa shape index (κ1) is 18.5. The van der Waals surface area contributed by atoms with Gasteiger partial charge in [-0.25, -0.2) is 0 Å². The Morgan fingerprint density at radius 3 is 2.12 bits per heavy atom. The lowest BCUT2D eigenvalue weighted by Crippen LogP contribution is -2.31. The minimum absolute atomic E-state index is 0.0335. The van der Waals surface area contributed by atoms with Crippen LogP contribution in [0.1, 0.15) is 58.8 Å². The number of hydrogen-bond acceptors (Lipinski definition) is 2. The highest BCUT2D eigenvalue weighted by Gasteiger charge is 2.42. The maximum atomic E-state index is 13.6. The van der Waals surface area contributed by atoms with Crippen LogP contribution in [-0.4, -0.2) is 5.78 Å². The third-order valence-electron chi connectivity index (χ3n) is 4.58. The van der Waals surface area contributed by atoms with Crippen molar-refractivity contribution in [3.05, 3.63) is 70.3 Å². The van der Waals surface area contributed by atoms with E-state index in [0.717, 1.165) is 35.1 Å². The lowest BCUT2D eigenvalue weighted by atomic mass is 9.82. The van der Waals surface area contributed by atoms with Crippen LogP contribution in [0.2, 0.25) is 0 Å². The van der Waals surface area contributed by atoms with Crippen molar-refractivity contribution in [3.8, 4) is 0 Å². The molecule has 0 radical (unpaired) electrons. The van der Waals surface area contributed by atoms with Gasteiger partial charge in [0, 0.05) is 5.56 Å². The predicted octanol–water partition coefficient (Wildman–Crippen LogP) is 6.17. The molecule has 0 heterocycles. The number of unbranched alkanes of at least 4 members (excludes halogenated alkanes) is 1. The lowest BCUT2D eigenvalue weighted by Gasteiger charge is -2.27. The highest BCUT2D eigenvalue weighted by molar-refractivity contribution is 7.27. The number of Topliss-reactive ketones (excluding diaryl/α,β-unsaturated/α-hetero) is 1. The van der Waals surface area contributed by atoms with Crippen molar-refractivity contribution in [1.29, 1.82) is 0 Å². The van der Waals surface area contributed by atoms with E-state index in [9.17, 15) is 9.36 Å². The molecule has 126 valence electrons. The second-order valence-electron chi connectivity index (χ2n) is 6.52. The number of hydrogen-bond donors (Lipinski definition) is 0. The first-order valence-electron chi connectivity index (χ1n) is 8.49. The van der Waals surface area contributed by atoms with Crippen molar-refractivity contribution in [1.82, 2.24) is 0 Å². The maximum Gasteiger partial charge on any atom is 0.185 e. The number of carbonyl (C=O) groups excluding carboxylic acids is 1. The molecule has 2 aromatic rings. The number of aryl methyl sites for hydroxylation is 3. The normalized spacial score (nSPS) is 13.7. The summed E-state index contributed by atoms with van der Waals surface area (Å²) in [5, 5.41) is -0.998. The zero-order valence-electron chi connectivity index (χ0n) is 14.9. The molecule has 0 aliphatic rings. The van der Waals surface area contributed by atoms with Gasteiger partial charge in [-0.05, 0) is 43.9 Å². The molecule has 2 aromatic carbocycles. The summed E-state index contributed by atoms with van der Waals surface area (Å²) in [6.07, 6.45) is 2.41. The van der Waals surface area contributed by atoms with Crippen molar-refractivity contribution in [2.24, 2.45) is 0 Å². The van der Waals surface area contributed by atoms with Crippen LogP contribution in [0.5, 0.6) is 0 Å². The number of carbonyl (C=O) groups is 1. The summed E-state index contributed by atoms with van der Waals surface area (Å²) in [4.78, 5) is 13.6. The molecule has 0 aliphatic carbocycles. The van der Waals surface area contributed by atoms with Gasteiger partial charge in [-0.3, -0.25) is 9.36 Å². The summed E-state index contributed by atoms with van der Waals surface area (Å²) in [6.45, 7) is 8.04. The first-order valence-corrected chi connectivity index (χ1v) is 9.30. The molecule has 3 heteroatoms. The molecule has 0 N–H and O–H groups in total. The van der Waals surface area contributed by atoms with E-state index in [-0.39, 0.29) is 14.2 Å². The Morgan fingerprint density at radius 1 is 1.04 bits per heavy atom. The smallest absolute Gasteiger partial charge is 0.185 e. The van der Waals surface area contributed by atoms with Gasteiger partial charge in [0.1, 0.15) is 5.16 Å². The molecule has 0 fully saturated rings. The van der Waals surface area contributed by atoms with Gasteiger partial charge in [0.15, 0.2) is 14.2 Å². The molecule has 1 atom stereocenters. The molecule has 2 nitrogen and oxygen atoms in total. The molecular formula is C21H25O2P. The number of rotatable bonds is 7. The van der Waals surface area contributed by atoms with E-state index in [0.29, 0.717) is 12.0 Å². The van der Waals surface area contributed by atoms with Gasteiger partial charge >= 0.3 is 0 Å². The van der Waals surface area contributed by atoms with Gasteiger partial charge in [0.25, 0.3) is 0 Å². The van der Waals surface area contributed by atoms with E-state index in [1.165, 1.54) is 0 Å². The average Bonchev–Trinajstić information content (AvgIpc) is 2.56. The third kappa shape index (κ3) is 3.49. The molecule has 24 heavy (non-hydrogen) atoms. The molecular weight excluding hydrogens is 315 g/mol. The van der Waals surface area contributed by atoms with E-state index >= 15 is 0 Å². The molecule has 0 saturated carbocycles. The fourth-order valence-electron chi connectivity index (χ4n) is 3.42. The Morgan fingerprint density at radius 2 is 1.62 bits per heavy atom. The highest BCUT2D eigenvalue weighted by Crippen LogP contribution is 2.44. The lowest BCUT2D eigenvalue weighted by molar-refractivity contribution is 0.0930. The van der Waals surface area contributed by atoms with E-state index < -0.39 is 5.16 Å². The highest BCUT2D eigenvalue weighted by atomic mass is 31.1. The minimum Gasteiger partial charge on any atom is -0.292 e. The molecule has 0 aromatic heterocycles. The van der Waals surface area contributed by atoms with Crippen molar-refractivity contribution < 1.29 is 9.36 Å². The number of ketones is 1. The van der Waals surface area contributed by atoms with Gasteiger partial charge in [-0.15, -0.1) is 0 Å². The molecule has 0 amide bonds. The van der Waals surface area contributed by atoms with Crippen LogP contribution in [-0.2, 0) is 9.72 Å². The van der Waals surface area contributed by atoms with Crippen molar-refractivity contribution in [2.45, 2.75) is 52.1 Å². The monoisotopic (exact) mass is 340 g/mol. The summed E-state index contributed by atoms with van der Waals surface area (Å²) in [5.41, 5.74) is 4.60. The van der Waals surface area contributed by atoms with E-state index in [1.807, 2.05) is 63.2 Å². The van der Waals surface area contributed by atoms with Crippen molar-refractivity contribution >= 4 is 14.2 Å². The second kappa shape index (κ2) is 7.85. The van der Waals surface area contributed by atoms with Gasteiger partial charge in [-0.1, -0.05) is 67.8 Å². The minimum atomic E-state index is -0.998. The Labute approximate surface area is 146 Å². The van der Waals surface area contributed by atoms with Crippen LogP contribution in [0, 0.1) is 20.8 Å². The van der Waals surface area contributed by atoms with E-state index in [1.54, 1.807) is 0 Å². The molecule has 0 aliphatic heterocycles. The van der Waals surface area contributed by atoms with Crippen LogP contribution in [0.3, 0.4) is 0 Å². The van der Waals surface area contributed by atoms with Crippen molar-refractivity contribution in [3.63, 3.8) is 0 Å². The summed E-state index contributed by atoms with van der Waals surface area (Å²) >= 11 is 0. The van der Waals surface area contributed by atoms with Crippen molar-refractivity contribution in [2.75, 3.05) is 0 Å². The molecule has 2 rings (SSSR count). The summed E-state index contributed by atoms with van der Waals surface area (Å²) in [5.74, 6) is -0.0335. The third-order valence-corrected chi connectivity index (χ3v) is 5.58. The standard InChI is InChI=1S/C21H25O2P/c1-5-6-12-21(24-23,18-10-8-7-9-11-18)20(22)19-16(3)13-15(2)14-17(19)4/h7-11,13-14H,5-6,12H2,1-4H3. The maximum absolute atomic E-state index is 13.6. The van der Waals surface area contributed by atoms with Crippen LogP contribution < -0.4 is 0 Å². The van der Waals surface area contributed by atoms with Gasteiger partial charge in [0.05, 0.1) is 0 Å². The summed E-state index contributed by atoms with van der Waals surface area (Å²) < 4.78 is 12.3. The predicted molar refractivity (Wildman–Crippen MR) is 100 cm³/mol. The largest absolute Gasteiger partial charge is 0.292 e. The fourth-order valence-corrected chi connectivity index (χ4v) is 4.12. The van der Waals surface area contributed by atoms with Crippen LogP contribution in [0.25, 0.3) is 0 Å². The number of benzene rings is 2. The van der Waals surface area contributed by atoms with Crippen LogP contribution in [0.15, 0.2) is 42.5 Å². The second-order valence-corrected chi connectivity index (χ2v) is 7.47. The quantitative estimate of drug-likeness (QED) is 0.446. The summed E-state index contributed by atoms with van der Waals surface area (Å²) in [7, 11) is -0.131. The SMILES string of the molecule is CCCCC(P=O)(C(=O)c1c(C)cc(C)cc1C)c1ccccc1. The van der Waals surface area contributed by atoms with Crippen LogP contribution in [0.4, 0.5) is 0 Å². The Hall–Kier alpha value is -1.79. The Kier molecular flexibility index (Phi) is 6.07. The molecule has 0 saturated heterocycles. The van der Waals surface area contributed by atoms with E-state index in [2.05, 4.69) is 6.92 Å². The van der Waals surface area contributed by atoms with E-state index in [4.69, 9.17) is 0 Å². The summed E-state index contributed by atoms with van der Waals surface area (Å²) in [6, 6.07) is 13.6. The molecule has 0 spiro atoms. The zero-order valence-corrected chi connectivity index (χ0v) is 15.8. The first-order chi connectivity index (χ1) is 11.5. The van der Waals surface area contributed by atoms with Gasteiger partial charge < -0.3 is 0 Å². The zero-order chi connectivity index (χ0) is 17.7. The topological polar surface area (TPSA) is 34.1 Å². The fraction of sp³-hybridized carbons (Fsp3) is 0.381. The Balaban J connectivity index is 2.63. The Bertz CT molecular complexity index is 714. The molecule has 0 bridgehead atoms.